The van der Waals surface area contributed by atoms with Crippen LogP contribution in [0.5, 0.6) is 0 Å². The standard InChI is InChI=1S/C10H12N4O2/c11-3-2-10(16)13-6-8(9(15)7-13)14-5-1-4-12-14/h1,4-5,8-9,15H,2,6-7H2/t8-,9+/m1/s1. The van der Waals surface area contributed by atoms with Gasteiger partial charge in [-0.05, 0) is 6.07 Å². The molecule has 2 rings (SSSR count). The average molecular weight is 220 g/mol. The Kier molecular flexibility index (Phi) is 2.88. The molecular weight excluding hydrogens is 208 g/mol. The number of nitrogens with zero attached hydrogens (tertiary/aromatic N) is 4. The van der Waals surface area contributed by atoms with Crippen LogP contribution in [-0.2, 0) is 4.79 Å². The summed E-state index contributed by atoms with van der Waals surface area (Å²) >= 11 is 0. The summed E-state index contributed by atoms with van der Waals surface area (Å²) in [4.78, 5) is 13.0. The van der Waals surface area contributed by atoms with Gasteiger partial charge in [-0.25, -0.2) is 0 Å². The zero-order chi connectivity index (χ0) is 11.5. The number of β-amino-alcohol motifs (C(OH)–C–C–N with tert-alkyl or cyclic N) is 1. The molecule has 0 unspecified atom stereocenters. The summed E-state index contributed by atoms with van der Waals surface area (Å²) < 4.78 is 1.64. The highest BCUT2D eigenvalue weighted by Crippen LogP contribution is 2.21. The van der Waals surface area contributed by atoms with E-state index < -0.39 is 6.10 Å². The first-order chi connectivity index (χ1) is 7.72. The summed E-state index contributed by atoms with van der Waals surface area (Å²) in [5, 5.41) is 22.3. The van der Waals surface area contributed by atoms with Crippen molar-refractivity contribution in [2.75, 3.05) is 13.1 Å². The van der Waals surface area contributed by atoms with Crippen molar-refractivity contribution in [2.45, 2.75) is 18.6 Å². The van der Waals surface area contributed by atoms with Gasteiger partial charge in [-0.2, -0.15) is 10.4 Å². The van der Waals surface area contributed by atoms with Crippen molar-refractivity contribution in [1.29, 1.82) is 5.26 Å². The predicted octanol–water partition coefficient (Wildman–Crippen LogP) is -0.459. The van der Waals surface area contributed by atoms with Crippen LogP contribution in [-0.4, -0.2) is 44.9 Å². The summed E-state index contributed by atoms with van der Waals surface area (Å²) in [5.74, 6) is -0.240. The third kappa shape index (κ3) is 1.90. The zero-order valence-corrected chi connectivity index (χ0v) is 8.65. The fourth-order valence-electron chi connectivity index (χ4n) is 1.89. The lowest BCUT2D eigenvalue weighted by atomic mass is 10.2. The number of hydrogen-bond acceptors (Lipinski definition) is 4. The van der Waals surface area contributed by atoms with Crippen LogP contribution in [0.2, 0.25) is 0 Å². The van der Waals surface area contributed by atoms with Crippen molar-refractivity contribution in [2.24, 2.45) is 0 Å². The molecule has 0 aliphatic carbocycles. The van der Waals surface area contributed by atoms with Gasteiger partial charge in [0.05, 0.1) is 18.2 Å². The highest BCUT2D eigenvalue weighted by atomic mass is 16.3. The molecule has 1 aliphatic heterocycles. The summed E-state index contributed by atoms with van der Waals surface area (Å²) in [6.45, 7) is 0.675. The van der Waals surface area contributed by atoms with Crippen molar-refractivity contribution in [3.63, 3.8) is 0 Å². The Bertz CT molecular complexity index is 409. The maximum atomic E-state index is 11.5. The van der Waals surface area contributed by atoms with E-state index in [1.54, 1.807) is 23.1 Å². The number of carbonyl (C=O) groups is 1. The Morgan fingerprint density at radius 2 is 2.44 bits per heavy atom. The number of hydrogen-bond donors (Lipinski definition) is 1. The lowest BCUT2D eigenvalue weighted by molar-refractivity contribution is -0.129. The third-order valence-corrected chi connectivity index (χ3v) is 2.71. The monoisotopic (exact) mass is 220 g/mol. The van der Waals surface area contributed by atoms with Crippen molar-refractivity contribution < 1.29 is 9.90 Å². The molecule has 16 heavy (non-hydrogen) atoms. The molecule has 1 saturated heterocycles. The van der Waals surface area contributed by atoms with Gasteiger partial charge in [0.25, 0.3) is 0 Å². The first-order valence-electron chi connectivity index (χ1n) is 5.04. The molecule has 6 nitrogen and oxygen atoms in total. The van der Waals surface area contributed by atoms with E-state index in [1.807, 2.05) is 6.07 Å². The number of aromatic nitrogens is 2. The van der Waals surface area contributed by atoms with Gasteiger partial charge in [0, 0.05) is 25.5 Å². The number of aliphatic hydroxyl groups excluding tert-OH is 1. The molecule has 0 aromatic carbocycles. The molecule has 0 bridgehead atoms. The molecule has 84 valence electrons. The quantitative estimate of drug-likeness (QED) is 0.731. The van der Waals surface area contributed by atoms with E-state index in [2.05, 4.69) is 5.10 Å². The van der Waals surface area contributed by atoms with Gasteiger partial charge in [0.15, 0.2) is 0 Å². The van der Waals surface area contributed by atoms with Crippen LogP contribution in [0.4, 0.5) is 0 Å². The van der Waals surface area contributed by atoms with Crippen LogP contribution >= 0.6 is 0 Å². The number of nitriles is 1. The van der Waals surface area contributed by atoms with Crippen LogP contribution in [0.25, 0.3) is 0 Å². The fourth-order valence-corrected chi connectivity index (χ4v) is 1.89. The molecule has 1 amide bonds. The molecular formula is C10H12N4O2. The molecule has 1 aromatic rings. The first-order valence-corrected chi connectivity index (χ1v) is 5.04. The minimum Gasteiger partial charge on any atom is -0.389 e. The maximum Gasteiger partial charge on any atom is 0.236 e. The van der Waals surface area contributed by atoms with Gasteiger partial charge in [-0.1, -0.05) is 0 Å². The maximum absolute atomic E-state index is 11.5. The Hall–Kier alpha value is -1.87. The second-order valence-electron chi connectivity index (χ2n) is 3.75. The van der Waals surface area contributed by atoms with Gasteiger partial charge in [-0.15, -0.1) is 0 Å². The number of likely N-dealkylation sites (tertiary alicyclic amines) is 1. The zero-order valence-electron chi connectivity index (χ0n) is 8.65. The molecule has 1 aliphatic rings. The molecule has 1 fully saturated rings. The lowest BCUT2D eigenvalue weighted by Crippen LogP contribution is -2.29. The molecule has 0 radical (unpaired) electrons. The van der Waals surface area contributed by atoms with Crippen molar-refractivity contribution >= 4 is 5.91 Å². The van der Waals surface area contributed by atoms with Crippen LogP contribution in [0.1, 0.15) is 12.5 Å². The second-order valence-corrected chi connectivity index (χ2v) is 3.75. The molecule has 1 N–H and O–H groups in total. The van der Waals surface area contributed by atoms with Crippen LogP contribution in [0.15, 0.2) is 18.5 Å². The van der Waals surface area contributed by atoms with Gasteiger partial charge in [-0.3, -0.25) is 9.48 Å². The third-order valence-electron chi connectivity index (χ3n) is 2.71. The number of rotatable bonds is 2. The van der Waals surface area contributed by atoms with Gasteiger partial charge < -0.3 is 10.0 Å². The van der Waals surface area contributed by atoms with E-state index in [4.69, 9.17) is 5.26 Å². The molecule has 2 heterocycles. The Morgan fingerprint density at radius 1 is 1.62 bits per heavy atom. The van der Waals surface area contributed by atoms with Crippen molar-refractivity contribution in [3.05, 3.63) is 18.5 Å². The second kappa shape index (κ2) is 4.33. The molecule has 0 saturated carbocycles. The molecule has 2 atom stereocenters. The minimum atomic E-state index is -0.623. The first kappa shape index (κ1) is 10.6. The largest absolute Gasteiger partial charge is 0.389 e. The highest BCUT2D eigenvalue weighted by Gasteiger charge is 2.35. The van der Waals surface area contributed by atoms with E-state index >= 15 is 0 Å². The van der Waals surface area contributed by atoms with E-state index in [0.29, 0.717) is 6.54 Å². The summed E-state index contributed by atoms with van der Waals surface area (Å²) in [6.07, 6.45) is 2.62. The minimum absolute atomic E-state index is 0.140. The predicted molar refractivity (Wildman–Crippen MR) is 54.1 cm³/mol. The lowest BCUT2D eigenvalue weighted by Gasteiger charge is -2.14. The molecule has 1 aromatic heterocycles. The number of carbonyl (C=O) groups excluding carboxylic acids is 1. The van der Waals surface area contributed by atoms with Crippen molar-refractivity contribution in [1.82, 2.24) is 14.7 Å². The van der Waals surface area contributed by atoms with Crippen LogP contribution in [0.3, 0.4) is 0 Å². The van der Waals surface area contributed by atoms with E-state index in [1.165, 1.54) is 4.90 Å². The van der Waals surface area contributed by atoms with E-state index in [0.717, 1.165) is 0 Å². The van der Waals surface area contributed by atoms with E-state index in [-0.39, 0.29) is 24.9 Å². The molecule has 6 heteroatoms. The number of aliphatic hydroxyl groups is 1. The van der Waals surface area contributed by atoms with Gasteiger partial charge in [0.2, 0.25) is 5.91 Å². The molecule has 0 spiro atoms. The van der Waals surface area contributed by atoms with Crippen LogP contribution in [0, 0.1) is 11.3 Å². The topological polar surface area (TPSA) is 82.2 Å². The highest BCUT2D eigenvalue weighted by molar-refractivity contribution is 5.78. The fraction of sp³-hybridized carbons (Fsp3) is 0.500. The summed E-state index contributed by atoms with van der Waals surface area (Å²) in [7, 11) is 0. The van der Waals surface area contributed by atoms with Crippen molar-refractivity contribution in [3.8, 4) is 6.07 Å². The van der Waals surface area contributed by atoms with Gasteiger partial charge >= 0.3 is 0 Å². The normalized spacial score (nSPS) is 24.4. The number of amides is 1. The smallest absolute Gasteiger partial charge is 0.236 e. The average Bonchev–Trinajstić information content (AvgIpc) is 2.86. The Balaban J connectivity index is 2.05. The SMILES string of the molecule is N#CCC(=O)N1C[C@@H](n2cccn2)[C@@H](O)C1. The Morgan fingerprint density at radius 3 is 3.06 bits per heavy atom. The summed E-state index contributed by atoms with van der Waals surface area (Å²) in [6, 6.07) is 3.37. The Labute approximate surface area is 92.7 Å². The summed E-state index contributed by atoms with van der Waals surface area (Å²) in [5.41, 5.74) is 0. The van der Waals surface area contributed by atoms with Gasteiger partial charge in [0.1, 0.15) is 6.42 Å². The van der Waals surface area contributed by atoms with E-state index in [9.17, 15) is 9.90 Å². The van der Waals surface area contributed by atoms with Crippen LogP contribution < -0.4 is 0 Å².